The summed E-state index contributed by atoms with van der Waals surface area (Å²) in [6, 6.07) is 1.93. The van der Waals surface area contributed by atoms with Gasteiger partial charge in [-0.25, -0.2) is 9.50 Å². The Kier molecular flexibility index (Phi) is 4.27. The van der Waals surface area contributed by atoms with Crippen molar-refractivity contribution in [3.63, 3.8) is 0 Å². The Hall–Kier alpha value is -2.44. The summed E-state index contributed by atoms with van der Waals surface area (Å²) in [5.74, 6) is 0.199. The van der Waals surface area contributed by atoms with Gasteiger partial charge >= 0.3 is 0 Å². The first-order valence-corrected chi connectivity index (χ1v) is 7.98. The fraction of sp³-hybridized carbons (Fsp3) is 0.500. The van der Waals surface area contributed by atoms with Crippen LogP contribution in [-0.4, -0.2) is 51.4 Å². The Bertz CT molecular complexity index is 739. The monoisotopic (exact) mass is 315 g/mol. The van der Waals surface area contributed by atoms with E-state index in [0.717, 1.165) is 25.1 Å². The molecule has 2 aromatic rings. The van der Waals surface area contributed by atoms with Crippen LogP contribution in [0.15, 0.2) is 18.5 Å². The molecule has 0 aliphatic carbocycles. The molecule has 0 bridgehead atoms. The average Bonchev–Trinajstić information content (AvgIpc) is 3.04. The van der Waals surface area contributed by atoms with Crippen LogP contribution >= 0.6 is 0 Å². The number of piperidine rings is 1. The van der Waals surface area contributed by atoms with Crippen molar-refractivity contribution in [3.05, 3.63) is 29.7 Å². The van der Waals surface area contributed by atoms with E-state index in [0.29, 0.717) is 24.2 Å². The number of hydrogen-bond acceptors (Lipinski definition) is 4. The van der Waals surface area contributed by atoms with Gasteiger partial charge in [-0.1, -0.05) is 6.92 Å². The Balaban J connectivity index is 1.95. The van der Waals surface area contributed by atoms with Gasteiger partial charge in [0.05, 0.1) is 11.9 Å². The molecule has 0 radical (unpaired) electrons. The standard InChI is InChI=1S/C16H21N5O2/c1-3-14(22)20-8-4-5-11(10-20)13-6-7-18-15-12(16(23)17-2)9-19-21(13)15/h6-7,9,11H,3-5,8,10H2,1-2H3,(H,17,23)/t11-/m1/s1. The van der Waals surface area contributed by atoms with E-state index < -0.39 is 0 Å². The summed E-state index contributed by atoms with van der Waals surface area (Å²) in [5.41, 5.74) is 2.02. The number of nitrogens with zero attached hydrogens (tertiary/aromatic N) is 4. The van der Waals surface area contributed by atoms with Gasteiger partial charge in [-0.05, 0) is 18.9 Å². The highest BCUT2D eigenvalue weighted by Crippen LogP contribution is 2.27. The van der Waals surface area contributed by atoms with Crippen molar-refractivity contribution in [2.75, 3.05) is 20.1 Å². The molecule has 7 heteroatoms. The second-order valence-electron chi connectivity index (χ2n) is 5.77. The fourth-order valence-electron chi connectivity index (χ4n) is 3.18. The van der Waals surface area contributed by atoms with Crippen LogP contribution in [0.5, 0.6) is 0 Å². The number of fused-ring (bicyclic) bond motifs is 1. The Labute approximate surface area is 134 Å². The predicted molar refractivity (Wildman–Crippen MR) is 85.2 cm³/mol. The molecule has 2 amide bonds. The minimum atomic E-state index is -0.198. The first kappa shape index (κ1) is 15.5. The smallest absolute Gasteiger partial charge is 0.256 e. The Morgan fingerprint density at radius 1 is 1.43 bits per heavy atom. The molecule has 0 saturated carbocycles. The van der Waals surface area contributed by atoms with Gasteiger partial charge in [0.2, 0.25) is 5.91 Å². The molecule has 0 aromatic carbocycles. The van der Waals surface area contributed by atoms with Crippen LogP contribution in [-0.2, 0) is 4.79 Å². The molecule has 1 atom stereocenters. The van der Waals surface area contributed by atoms with Gasteiger partial charge in [0.15, 0.2) is 5.65 Å². The van der Waals surface area contributed by atoms with E-state index in [1.54, 1.807) is 24.0 Å². The second kappa shape index (κ2) is 6.36. The van der Waals surface area contributed by atoms with Crippen LogP contribution in [0, 0.1) is 0 Å². The predicted octanol–water partition coefficient (Wildman–Crippen LogP) is 1.20. The minimum absolute atomic E-state index is 0.187. The largest absolute Gasteiger partial charge is 0.355 e. The van der Waals surface area contributed by atoms with Crippen molar-refractivity contribution in [3.8, 4) is 0 Å². The summed E-state index contributed by atoms with van der Waals surface area (Å²) in [5, 5.41) is 6.95. The van der Waals surface area contributed by atoms with E-state index in [9.17, 15) is 9.59 Å². The topological polar surface area (TPSA) is 79.6 Å². The highest BCUT2D eigenvalue weighted by atomic mass is 16.2. The molecule has 2 aromatic heterocycles. The zero-order valence-corrected chi connectivity index (χ0v) is 13.5. The number of likely N-dealkylation sites (tertiary alicyclic amines) is 1. The zero-order valence-electron chi connectivity index (χ0n) is 13.5. The molecule has 1 aliphatic rings. The van der Waals surface area contributed by atoms with E-state index in [-0.39, 0.29) is 17.7 Å². The highest BCUT2D eigenvalue weighted by molar-refractivity contribution is 5.99. The van der Waals surface area contributed by atoms with Gasteiger partial charge in [-0.15, -0.1) is 0 Å². The third-order valence-corrected chi connectivity index (χ3v) is 4.40. The minimum Gasteiger partial charge on any atom is -0.355 e. The molecule has 122 valence electrons. The maximum atomic E-state index is 12.0. The molecule has 1 fully saturated rings. The first-order chi connectivity index (χ1) is 11.2. The number of amides is 2. The van der Waals surface area contributed by atoms with E-state index >= 15 is 0 Å². The molecule has 1 saturated heterocycles. The molecule has 0 spiro atoms. The van der Waals surface area contributed by atoms with Crippen molar-refractivity contribution < 1.29 is 9.59 Å². The lowest BCUT2D eigenvalue weighted by atomic mass is 9.94. The third kappa shape index (κ3) is 2.78. The quantitative estimate of drug-likeness (QED) is 0.923. The van der Waals surface area contributed by atoms with Crippen LogP contribution in [0.4, 0.5) is 0 Å². The van der Waals surface area contributed by atoms with Crippen LogP contribution in [0.25, 0.3) is 5.65 Å². The van der Waals surface area contributed by atoms with Crippen molar-refractivity contribution in [2.45, 2.75) is 32.1 Å². The van der Waals surface area contributed by atoms with Gasteiger partial charge in [0.1, 0.15) is 5.56 Å². The lowest BCUT2D eigenvalue weighted by Gasteiger charge is -2.32. The highest BCUT2D eigenvalue weighted by Gasteiger charge is 2.26. The second-order valence-corrected chi connectivity index (χ2v) is 5.77. The van der Waals surface area contributed by atoms with E-state index in [1.165, 1.54) is 0 Å². The average molecular weight is 315 g/mol. The Morgan fingerprint density at radius 2 is 2.26 bits per heavy atom. The number of aromatic nitrogens is 3. The zero-order chi connectivity index (χ0) is 16.4. The number of carbonyl (C=O) groups is 2. The molecule has 3 rings (SSSR count). The molecule has 23 heavy (non-hydrogen) atoms. The van der Waals surface area contributed by atoms with E-state index in [4.69, 9.17) is 0 Å². The van der Waals surface area contributed by atoms with Gasteiger partial charge < -0.3 is 10.2 Å². The summed E-state index contributed by atoms with van der Waals surface area (Å²) in [6.07, 6.45) is 5.76. The van der Waals surface area contributed by atoms with Crippen molar-refractivity contribution in [1.29, 1.82) is 0 Å². The maximum absolute atomic E-state index is 12.0. The van der Waals surface area contributed by atoms with Gasteiger partial charge in [0.25, 0.3) is 5.91 Å². The van der Waals surface area contributed by atoms with Crippen LogP contribution in [0.3, 0.4) is 0 Å². The number of nitrogens with one attached hydrogen (secondary N) is 1. The molecular formula is C16H21N5O2. The van der Waals surface area contributed by atoms with E-state index in [2.05, 4.69) is 15.4 Å². The Morgan fingerprint density at radius 3 is 3.00 bits per heavy atom. The van der Waals surface area contributed by atoms with Crippen LogP contribution in [0.1, 0.15) is 48.2 Å². The SMILES string of the molecule is CCC(=O)N1CCC[C@@H](c2ccnc3c(C(=O)NC)cnn23)C1. The van der Waals surface area contributed by atoms with Crippen LogP contribution in [0.2, 0.25) is 0 Å². The number of rotatable bonds is 3. The van der Waals surface area contributed by atoms with Gasteiger partial charge in [-0.3, -0.25) is 9.59 Å². The van der Waals surface area contributed by atoms with Gasteiger partial charge in [-0.2, -0.15) is 5.10 Å². The van der Waals surface area contributed by atoms with Crippen molar-refractivity contribution in [1.82, 2.24) is 24.8 Å². The van der Waals surface area contributed by atoms with Crippen LogP contribution < -0.4 is 5.32 Å². The number of hydrogen-bond donors (Lipinski definition) is 1. The lowest BCUT2D eigenvalue weighted by Crippen LogP contribution is -2.39. The number of carbonyl (C=O) groups excluding carboxylic acids is 2. The third-order valence-electron chi connectivity index (χ3n) is 4.40. The summed E-state index contributed by atoms with van der Waals surface area (Å²) in [6.45, 7) is 3.40. The van der Waals surface area contributed by atoms with E-state index in [1.807, 2.05) is 17.9 Å². The molecule has 7 nitrogen and oxygen atoms in total. The normalized spacial score (nSPS) is 18.2. The van der Waals surface area contributed by atoms with Crippen molar-refractivity contribution in [2.24, 2.45) is 0 Å². The molecule has 1 aliphatic heterocycles. The molecule has 1 N–H and O–H groups in total. The molecule has 3 heterocycles. The van der Waals surface area contributed by atoms with Gasteiger partial charge in [0, 0.05) is 38.7 Å². The summed E-state index contributed by atoms with van der Waals surface area (Å²) >= 11 is 0. The summed E-state index contributed by atoms with van der Waals surface area (Å²) < 4.78 is 1.73. The lowest BCUT2D eigenvalue weighted by molar-refractivity contribution is -0.132. The molecule has 0 unspecified atom stereocenters. The molecular weight excluding hydrogens is 294 g/mol. The fourth-order valence-corrected chi connectivity index (χ4v) is 3.18. The summed E-state index contributed by atoms with van der Waals surface area (Å²) in [4.78, 5) is 30.1. The maximum Gasteiger partial charge on any atom is 0.256 e. The first-order valence-electron chi connectivity index (χ1n) is 7.98. The summed E-state index contributed by atoms with van der Waals surface area (Å²) in [7, 11) is 1.59. The van der Waals surface area contributed by atoms with Crippen molar-refractivity contribution >= 4 is 17.5 Å².